The van der Waals surface area contributed by atoms with Gasteiger partial charge in [-0.3, -0.25) is 4.79 Å². The summed E-state index contributed by atoms with van der Waals surface area (Å²) < 4.78 is 5.46. The van der Waals surface area contributed by atoms with Crippen LogP contribution in [0.5, 0.6) is 0 Å². The van der Waals surface area contributed by atoms with Gasteiger partial charge in [0.2, 0.25) is 5.91 Å². The Morgan fingerprint density at radius 2 is 2.22 bits per heavy atom. The van der Waals surface area contributed by atoms with Crippen molar-refractivity contribution < 1.29 is 9.21 Å². The van der Waals surface area contributed by atoms with E-state index in [9.17, 15) is 4.79 Å². The number of hydrogen-bond donors (Lipinski definition) is 2. The Labute approximate surface area is 110 Å². The average Bonchev–Trinajstić information content (AvgIpc) is 2.98. The second-order valence-corrected chi connectivity index (χ2v) is 5.15. The molecule has 2 heterocycles. The number of nitrogens with one attached hydrogen (secondary N) is 1. The Bertz CT molecular complexity index is 519. The van der Waals surface area contributed by atoms with E-state index < -0.39 is 6.04 Å². The van der Waals surface area contributed by atoms with Crippen LogP contribution < -0.4 is 11.1 Å². The van der Waals surface area contributed by atoms with E-state index in [0.29, 0.717) is 0 Å². The molecule has 0 aromatic carbocycles. The van der Waals surface area contributed by atoms with E-state index in [0.717, 1.165) is 16.4 Å². The zero-order chi connectivity index (χ0) is 13.1. The summed E-state index contributed by atoms with van der Waals surface area (Å²) in [5.74, 6) is 1.37. The van der Waals surface area contributed by atoms with Crippen molar-refractivity contribution in [2.75, 3.05) is 0 Å². The third-order valence-electron chi connectivity index (χ3n) is 2.68. The first-order valence-corrected chi connectivity index (χ1v) is 6.61. The number of carbonyl (C=O) groups excluding carboxylic acids is 1. The Morgan fingerprint density at radius 3 is 2.78 bits per heavy atom. The van der Waals surface area contributed by atoms with Crippen molar-refractivity contribution in [3.63, 3.8) is 0 Å². The topological polar surface area (TPSA) is 68.3 Å². The SMILES string of the molecule is Cc1ccc(C(C)NC(=O)C(N)c2cccs2)o1. The molecule has 0 radical (unpaired) electrons. The summed E-state index contributed by atoms with van der Waals surface area (Å²) in [5.41, 5.74) is 5.88. The fourth-order valence-electron chi connectivity index (χ4n) is 1.66. The van der Waals surface area contributed by atoms with E-state index in [2.05, 4.69) is 5.32 Å². The fourth-order valence-corrected chi connectivity index (χ4v) is 2.38. The molecular formula is C13H16N2O2S. The van der Waals surface area contributed by atoms with Gasteiger partial charge in [0.15, 0.2) is 0 Å². The van der Waals surface area contributed by atoms with Crippen LogP contribution in [0, 0.1) is 6.92 Å². The first-order chi connectivity index (χ1) is 8.58. The van der Waals surface area contributed by atoms with Gasteiger partial charge in [-0.2, -0.15) is 0 Å². The number of thiophene rings is 1. The molecule has 96 valence electrons. The molecule has 2 rings (SSSR count). The zero-order valence-corrected chi connectivity index (χ0v) is 11.2. The summed E-state index contributed by atoms with van der Waals surface area (Å²) in [6, 6.07) is 6.66. The molecule has 2 atom stereocenters. The Balaban J connectivity index is 1.99. The van der Waals surface area contributed by atoms with Crippen LogP contribution in [0.1, 0.15) is 35.4 Å². The first-order valence-electron chi connectivity index (χ1n) is 5.73. The summed E-state index contributed by atoms with van der Waals surface area (Å²) in [6.45, 7) is 3.74. The number of amides is 1. The maximum atomic E-state index is 12.0. The van der Waals surface area contributed by atoms with Crippen LogP contribution in [0.3, 0.4) is 0 Å². The molecule has 3 N–H and O–H groups in total. The van der Waals surface area contributed by atoms with Crippen molar-refractivity contribution in [2.24, 2.45) is 5.73 Å². The van der Waals surface area contributed by atoms with Crippen LogP contribution >= 0.6 is 11.3 Å². The lowest BCUT2D eigenvalue weighted by Gasteiger charge is -2.15. The minimum atomic E-state index is -0.622. The molecule has 2 unspecified atom stereocenters. The fraction of sp³-hybridized carbons (Fsp3) is 0.308. The predicted octanol–water partition coefficient (Wildman–Crippen LogP) is 2.53. The second-order valence-electron chi connectivity index (χ2n) is 4.17. The number of carbonyl (C=O) groups is 1. The van der Waals surface area contributed by atoms with E-state index >= 15 is 0 Å². The molecular weight excluding hydrogens is 248 g/mol. The first kappa shape index (κ1) is 12.9. The van der Waals surface area contributed by atoms with Crippen LogP contribution in [-0.2, 0) is 4.79 Å². The van der Waals surface area contributed by atoms with Gasteiger partial charge in [-0.05, 0) is 37.4 Å². The molecule has 18 heavy (non-hydrogen) atoms. The molecule has 0 aliphatic heterocycles. The van der Waals surface area contributed by atoms with Gasteiger partial charge < -0.3 is 15.5 Å². The van der Waals surface area contributed by atoms with E-state index in [1.807, 2.05) is 43.5 Å². The summed E-state index contributed by atoms with van der Waals surface area (Å²) in [7, 11) is 0. The standard InChI is InChI=1S/C13H16N2O2S/c1-8-5-6-10(17-8)9(2)15-13(16)12(14)11-4-3-7-18-11/h3-7,9,12H,14H2,1-2H3,(H,15,16). The highest BCUT2D eigenvalue weighted by Gasteiger charge is 2.20. The largest absolute Gasteiger partial charge is 0.464 e. The average molecular weight is 264 g/mol. The van der Waals surface area contributed by atoms with Gasteiger partial charge in [0.25, 0.3) is 0 Å². The molecule has 5 heteroatoms. The van der Waals surface area contributed by atoms with E-state index in [1.54, 1.807) is 0 Å². The van der Waals surface area contributed by atoms with Crippen LogP contribution in [0.4, 0.5) is 0 Å². The van der Waals surface area contributed by atoms with Gasteiger partial charge >= 0.3 is 0 Å². The van der Waals surface area contributed by atoms with Crippen LogP contribution in [0.2, 0.25) is 0 Å². The Hall–Kier alpha value is -1.59. The minimum Gasteiger partial charge on any atom is -0.464 e. The molecule has 1 amide bonds. The monoisotopic (exact) mass is 264 g/mol. The number of nitrogens with two attached hydrogens (primary N) is 1. The second kappa shape index (κ2) is 5.37. The van der Waals surface area contributed by atoms with E-state index in [1.165, 1.54) is 11.3 Å². The van der Waals surface area contributed by atoms with Crippen molar-refractivity contribution in [2.45, 2.75) is 25.9 Å². The van der Waals surface area contributed by atoms with Crippen molar-refractivity contribution >= 4 is 17.2 Å². The molecule has 4 nitrogen and oxygen atoms in total. The number of rotatable bonds is 4. The van der Waals surface area contributed by atoms with Gasteiger partial charge in [-0.25, -0.2) is 0 Å². The zero-order valence-electron chi connectivity index (χ0n) is 10.3. The van der Waals surface area contributed by atoms with Gasteiger partial charge in [0, 0.05) is 4.88 Å². The van der Waals surface area contributed by atoms with E-state index in [4.69, 9.17) is 10.2 Å². The predicted molar refractivity (Wildman–Crippen MR) is 71.3 cm³/mol. The lowest BCUT2D eigenvalue weighted by atomic mass is 10.2. The number of furan rings is 1. The normalized spacial score (nSPS) is 14.2. The van der Waals surface area contributed by atoms with Crippen LogP contribution in [-0.4, -0.2) is 5.91 Å². The molecule has 0 spiro atoms. The lowest BCUT2D eigenvalue weighted by molar-refractivity contribution is -0.123. The molecule has 0 aliphatic carbocycles. The van der Waals surface area contributed by atoms with Gasteiger partial charge in [-0.15, -0.1) is 11.3 Å². The van der Waals surface area contributed by atoms with Crippen molar-refractivity contribution in [1.29, 1.82) is 0 Å². The van der Waals surface area contributed by atoms with Crippen LogP contribution in [0.25, 0.3) is 0 Å². The highest BCUT2D eigenvalue weighted by molar-refractivity contribution is 7.10. The number of aryl methyl sites for hydroxylation is 1. The smallest absolute Gasteiger partial charge is 0.242 e. The molecule has 2 aromatic rings. The van der Waals surface area contributed by atoms with E-state index in [-0.39, 0.29) is 11.9 Å². The van der Waals surface area contributed by atoms with Gasteiger partial charge in [-0.1, -0.05) is 6.07 Å². The van der Waals surface area contributed by atoms with Crippen molar-refractivity contribution in [3.05, 3.63) is 46.0 Å². The summed E-state index contributed by atoms with van der Waals surface area (Å²) in [5, 5.41) is 4.75. The summed E-state index contributed by atoms with van der Waals surface area (Å²) >= 11 is 1.48. The number of hydrogen-bond acceptors (Lipinski definition) is 4. The Kier molecular flexibility index (Phi) is 3.84. The van der Waals surface area contributed by atoms with Gasteiger partial charge in [0.1, 0.15) is 17.6 Å². The minimum absolute atomic E-state index is 0.183. The van der Waals surface area contributed by atoms with Crippen molar-refractivity contribution in [3.8, 4) is 0 Å². The maximum Gasteiger partial charge on any atom is 0.242 e. The molecule has 0 saturated carbocycles. The summed E-state index contributed by atoms with van der Waals surface area (Å²) in [4.78, 5) is 12.8. The highest BCUT2D eigenvalue weighted by Crippen LogP contribution is 2.19. The third kappa shape index (κ3) is 2.80. The molecule has 0 saturated heterocycles. The quantitative estimate of drug-likeness (QED) is 0.891. The maximum absolute atomic E-state index is 12.0. The third-order valence-corrected chi connectivity index (χ3v) is 3.63. The lowest BCUT2D eigenvalue weighted by Crippen LogP contribution is -2.35. The van der Waals surface area contributed by atoms with Crippen molar-refractivity contribution in [1.82, 2.24) is 5.32 Å². The Morgan fingerprint density at radius 1 is 1.44 bits per heavy atom. The molecule has 0 aliphatic rings. The molecule has 0 bridgehead atoms. The van der Waals surface area contributed by atoms with Gasteiger partial charge in [0.05, 0.1) is 6.04 Å². The van der Waals surface area contributed by atoms with Crippen LogP contribution in [0.15, 0.2) is 34.1 Å². The molecule has 0 fully saturated rings. The highest BCUT2D eigenvalue weighted by atomic mass is 32.1. The summed E-state index contributed by atoms with van der Waals surface area (Å²) in [6.07, 6.45) is 0. The molecule has 2 aromatic heterocycles.